The fourth-order valence-corrected chi connectivity index (χ4v) is 3.89. The summed E-state index contributed by atoms with van der Waals surface area (Å²) in [6, 6.07) is 9.26. The number of fused-ring (bicyclic) bond motifs is 1. The summed E-state index contributed by atoms with van der Waals surface area (Å²) in [4.78, 5) is 18.8. The minimum Gasteiger partial charge on any atom is -0.444 e. The Bertz CT molecular complexity index is 803. The van der Waals surface area contributed by atoms with Gasteiger partial charge in [-0.2, -0.15) is 0 Å². The van der Waals surface area contributed by atoms with Crippen molar-refractivity contribution in [3.8, 4) is 0 Å². The molecule has 1 amide bonds. The largest absolute Gasteiger partial charge is 0.444 e. The van der Waals surface area contributed by atoms with Gasteiger partial charge in [0.25, 0.3) is 0 Å². The molecule has 26 heavy (non-hydrogen) atoms. The maximum absolute atomic E-state index is 12.7. The van der Waals surface area contributed by atoms with E-state index in [0.29, 0.717) is 11.1 Å². The standard InChI is InChI=1S/C20H25BrN2O3/c1-20(2,3)26-19(25)23-11-7-6-10-16(23)18(24)14-12-17(21)22-15-9-5-4-8-13(14)15/h4-5,8-9,12,16,18,24H,6-7,10-11H2,1-3H3/t16-,18+/m1/s1. The van der Waals surface area contributed by atoms with Crippen LogP contribution in [0.1, 0.15) is 51.7 Å². The quantitative estimate of drug-likeness (QED) is 0.707. The highest BCUT2D eigenvalue weighted by molar-refractivity contribution is 9.10. The Morgan fingerprint density at radius 3 is 2.81 bits per heavy atom. The number of nitrogens with zero attached hydrogens (tertiary/aromatic N) is 2. The van der Waals surface area contributed by atoms with Crippen molar-refractivity contribution in [3.63, 3.8) is 0 Å². The zero-order valence-corrected chi connectivity index (χ0v) is 17.0. The second-order valence-electron chi connectivity index (χ2n) is 7.73. The molecule has 6 heteroatoms. The summed E-state index contributed by atoms with van der Waals surface area (Å²) in [7, 11) is 0. The number of carbonyl (C=O) groups excluding carboxylic acids is 1. The number of likely N-dealkylation sites (tertiary alicyclic amines) is 1. The van der Waals surface area contributed by atoms with Crippen LogP contribution in [0.2, 0.25) is 0 Å². The van der Waals surface area contributed by atoms with Gasteiger partial charge in [-0.05, 0) is 73.7 Å². The lowest BCUT2D eigenvalue weighted by atomic mass is 9.91. The molecule has 0 bridgehead atoms. The van der Waals surface area contributed by atoms with E-state index in [1.54, 1.807) is 4.90 Å². The summed E-state index contributed by atoms with van der Waals surface area (Å²) in [5, 5.41) is 12.1. The molecule has 2 heterocycles. The number of aromatic nitrogens is 1. The van der Waals surface area contributed by atoms with Gasteiger partial charge < -0.3 is 14.7 Å². The molecule has 0 saturated carbocycles. The lowest BCUT2D eigenvalue weighted by Gasteiger charge is -2.39. The number of benzene rings is 1. The molecule has 140 valence electrons. The van der Waals surface area contributed by atoms with E-state index in [4.69, 9.17) is 4.74 Å². The highest BCUT2D eigenvalue weighted by atomic mass is 79.9. The van der Waals surface area contributed by atoms with Crippen LogP contribution in [-0.4, -0.2) is 39.3 Å². The first-order valence-electron chi connectivity index (χ1n) is 8.99. The predicted molar refractivity (Wildman–Crippen MR) is 105 cm³/mol. The molecule has 1 N–H and O–H groups in total. The lowest BCUT2D eigenvalue weighted by molar-refractivity contribution is -0.0166. The number of ether oxygens (including phenoxy) is 1. The Morgan fingerprint density at radius 2 is 2.08 bits per heavy atom. The van der Waals surface area contributed by atoms with Gasteiger partial charge in [0.15, 0.2) is 0 Å². The van der Waals surface area contributed by atoms with Crippen LogP contribution in [0.5, 0.6) is 0 Å². The first kappa shape index (κ1) is 19.1. The molecule has 1 saturated heterocycles. The van der Waals surface area contributed by atoms with Crippen LogP contribution < -0.4 is 0 Å². The molecule has 1 aliphatic rings. The van der Waals surface area contributed by atoms with Crippen LogP contribution in [-0.2, 0) is 4.74 Å². The van der Waals surface area contributed by atoms with E-state index in [9.17, 15) is 9.90 Å². The molecular weight excluding hydrogens is 396 g/mol. The first-order valence-corrected chi connectivity index (χ1v) is 9.78. The number of halogens is 1. The highest BCUT2D eigenvalue weighted by Gasteiger charge is 2.36. The number of piperidine rings is 1. The number of hydrogen-bond donors (Lipinski definition) is 1. The van der Waals surface area contributed by atoms with Crippen molar-refractivity contribution < 1.29 is 14.6 Å². The third kappa shape index (κ3) is 4.18. The fraction of sp³-hybridized carbons (Fsp3) is 0.500. The normalized spacial score (nSPS) is 19.4. The van der Waals surface area contributed by atoms with Gasteiger partial charge in [-0.1, -0.05) is 18.2 Å². The topological polar surface area (TPSA) is 62.7 Å². The van der Waals surface area contributed by atoms with Gasteiger partial charge in [-0.3, -0.25) is 0 Å². The van der Waals surface area contributed by atoms with Crippen LogP contribution in [0, 0.1) is 0 Å². The third-order valence-electron chi connectivity index (χ3n) is 4.58. The molecule has 1 aromatic carbocycles. The van der Waals surface area contributed by atoms with E-state index >= 15 is 0 Å². The Morgan fingerprint density at radius 1 is 1.35 bits per heavy atom. The van der Waals surface area contributed by atoms with Crippen LogP contribution in [0.4, 0.5) is 4.79 Å². The third-order valence-corrected chi connectivity index (χ3v) is 4.98. The van der Waals surface area contributed by atoms with Crippen molar-refractivity contribution in [2.45, 2.75) is 57.8 Å². The first-order chi connectivity index (χ1) is 12.3. The van der Waals surface area contributed by atoms with Gasteiger partial charge in [0, 0.05) is 11.9 Å². The van der Waals surface area contributed by atoms with Crippen LogP contribution >= 0.6 is 15.9 Å². The highest BCUT2D eigenvalue weighted by Crippen LogP contribution is 2.34. The molecule has 1 fully saturated rings. The Balaban J connectivity index is 1.94. The smallest absolute Gasteiger partial charge is 0.410 e. The zero-order valence-electron chi connectivity index (χ0n) is 15.4. The SMILES string of the molecule is CC(C)(C)OC(=O)N1CCCC[C@@H]1[C@@H](O)c1cc(Br)nc2ccccc12. The average Bonchev–Trinajstić information content (AvgIpc) is 2.59. The molecule has 2 aromatic rings. The maximum atomic E-state index is 12.7. The van der Waals surface area contributed by atoms with E-state index in [1.807, 2.05) is 51.1 Å². The molecule has 2 atom stereocenters. The van der Waals surface area contributed by atoms with Crippen LogP contribution in [0.25, 0.3) is 10.9 Å². The molecular formula is C20H25BrN2O3. The number of hydrogen-bond acceptors (Lipinski definition) is 4. The lowest BCUT2D eigenvalue weighted by Crippen LogP contribution is -2.48. The van der Waals surface area contributed by atoms with Crippen molar-refractivity contribution in [2.24, 2.45) is 0 Å². The Kier molecular flexibility index (Phi) is 5.53. The van der Waals surface area contributed by atoms with E-state index < -0.39 is 11.7 Å². The minimum atomic E-state index is -0.799. The Hall–Kier alpha value is -1.66. The van der Waals surface area contributed by atoms with Gasteiger partial charge in [-0.25, -0.2) is 9.78 Å². The van der Waals surface area contributed by atoms with E-state index in [1.165, 1.54) is 0 Å². The number of aliphatic hydroxyl groups is 1. The monoisotopic (exact) mass is 420 g/mol. The summed E-state index contributed by atoms with van der Waals surface area (Å²) in [6.45, 7) is 6.16. The fourth-order valence-electron chi connectivity index (χ4n) is 3.45. The maximum Gasteiger partial charge on any atom is 0.410 e. The van der Waals surface area contributed by atoms with Crippen molar-refractivity contribution in [3.05, 3.63) is 40.5 Å². The second kappa shape index (κ2) is 7.53. The van der Waals surface area contributed by atoms with Gasteiger partial charge in [0.1, 0.15) is 16.3 Å². The summed E-state index contributed by atoms with van der Waals surface area (Å²) in [5.74, 6) is 0. The molecule has 0 unspecified atom stereocenters. The summed E-state index contributed by atoms with van der Waals surface area (Å²) < 4.78 is 6.23. The van der Waals surface area contributed by atoms with E-state index in [-0.39, 0.29) is 12.1 Å². The second-order valence-corrected chi connectivity index (χ2v) is 8.55. The predicted octanol–water partition coefficient (Wildman–Crippen LogP) is 4.82. The summed E-state index contributed by atoms with van der Waals surface area (Å²) >= 11 is 3.43. The molecule has 3 rings (SSSR count). The number of rotatable bonds is 2. The molecule has 0 spiro atoms. The molecule has 1 aromatic heterocycles. The molecule has 1 aliphatic heterocycles. The number of carbonyl (C=O) groups is 1. The number of amides is 1. The minimum absolute atomic E-state index is 0.309. The van der Waals surface area contributed by atoms with Crippen LogP contribution in [0.15, 0.2) is 34.9 Å². The molecule has 0 radical (unpaired) electrons. The zero-order chi connectivity index (χ0) is 18.9. The Labute approximate surface area is 162 Å². The number of pyridine rings is 1. The van der Waals surface area contributed by atoms with Crippen molar-refractivity contribution in [2.75, 3.05) is 6.54 Å². The van der Waals surface area contributed by atoms with Crippen molar-refractivity contribution >= 4 is 32.9 Å². The van der Waals surface area contributed by atoms with Gasteiger partial charge >= 0.3 is 6.09 Å². The van der Waals surface area contributed by atoms with Crippen molar-refractivity contribution in [1.82, 2.24) is 9.88 Å². The summed E-state index contributed by atoms with van der Waals surface area (Å²) in [6.07, 6.45) is 1.48. The number of aliphatic hydroxyl groups excluding tert-OH is 1. The van der Waals surface area contributed by atoms with Gasteiger partial charge in [-0.15, -0.1) is 0 Å². The number of para-hydroxylation sites is 1. The van der Waals surface area contributed by atoms with E-state index in [0.717, 1.165) is 35.7 Å². The molecule has 0 aliphatic carbocycles. The van der Waals surface area contributed by atoms with Crippen molar-refractivity contribution in [1.29, 1.82) is 0 Å². The van der Waals surface area contributed by atoms with Gasteiger partial charge in [0.2, 0.25) is 0 Å². The van der Waals surface area contributed by atoms with Crippen LogP contribution in [0.3, 0.4) is 0 Å². The van der Waals surface area contributed by atoms with Gasteiger partial charge in [0.05, 0.1) is 11.6 Å². The summed E-state index contributed by atoms with van der Waals surface area (Å²) in [5.41, 5.74) is 1.04. The molecule has 5 nitrogen and oxygen atoms in total. The average molecular weight is 421 g/mol. The van der Waals surface area contributed by atoms with E-state index in [2.05, 4.69) is 20.9 Å².